The van der Waals surface area contributed by atoms with Gasteiger partial charge in [0, 0.05) is 12.8 Å². The largest absolute Gasteiger partial charge is 0.477 e. The molecule has 412 valence electrons. The fourth-order valence-electron chi connectivity index (χ4n) is 8.17. The molecule has 0 aromatic carbocycles. The van der Waals surface area contributed by atoms with E-state index in [1.54, 1.807) is 0 Å². The number of unbranched alkanes of at least 4 members (excludes halogenated alkanes) is 29. The number of carboxylic acid groups (broad SMARTS) is 1. The van der Waals surface area contributed by atoms with E-state index in [0.29, 0.717) is 23.9 Å². The Bertz CT molecular complexity index is 1350. The molecule has 0 fully saturated rings. The summed E-state index contributed by atoms with van der Waals surface area (Å²) in [6, 6.07) is 0. The third-order valence-corrected chi connectivity index (χ3v) is 12.7. The van der Waals surface area contributed by atoms with Gasteiger partial charge in [-0.2, -0.15) is 0 Å². The Morgan fingerprint density at radius 1 is 0.423 bits per heavy atom. The van der Waals surface area contributed by atoms with Crippen LogP contribution in [0.1, 0.15) is 258 Å². The number of quaternary nitrogens is 1. The first-order valence-corrected chi connectivity index (χ1v) is 29.5. The SMILES string of the molecule is CCCCCCC/C=C\C/C=C\C/C=C\CCCCCCCCCCCCC(=O)OC(COC(=O)CCCCCCCCCCC/C=C\C/C=C\CCCCCCC)COC(OCC[N+](C)(C)C)C(=O)O. The third-order valence-electron chi connectivity index (χ3n) is 12.7. The molecule has 0 radical (unpaired) electrons. The van der Waals surface area contributed by atoms with Gasteiger partial charge >= 0.3 is 17.9 Å². The molecule has 0 bridgehead atoms. The Labute approximate surface area is 437 Å². The van der Waals surface area contributed by atoms with Crippen LogP contribution in [0.2, 0.25) is 0 Å². The summed E-state index contributed by atoms with van der Waals surface area (Å²) >= 11 is 0. The van der Waals surface area contributed by atoms with E-state index in [1.165, 1.54) is 167 Å². The van der Waals surface area contributed by atoms with Crippen molar-refractivity contribution in [2.45, 2.75) is 270 Å². The van der Waals surface area contributed by atoms with Gasteiger partial charge in [0.25, 0.3) is 6.29 Å². The lowest BCUT2D eigenvalue weighted by atomic mass is 10.0. The highest BCUT2D eigenvalue weighted by atomic mass is 16.7. The lowest BCUT2D eigenvalue weighted by molar-refractivity contribution is -0.870. The van der Waals surface area contributed by atoms with E-state index in [-0.39, 0.29) is 32.2 Å². The number of carbonyl (C=O) groups excluding carboxylic acids is 2. The number of rotatable bonds is 54. The average molecular weight is 1000 g/mol. The number of esters is 2. The van der Waals surface area contributed by atoms with Crippen LogP contribution in [0.4, 0.5) is 0 Å². The number of likely N-dealkylation sites (N-methyl/N-ethyl adjacent to an activating group) is 1. The first kappa shape index (κ1) is 68.0. The average Bonchev–Trinajstić information content (AvgIpc) is 3.34. The lowest BCUT2D eigenvalue weighted by Gasteiger charge is -2.25. The molecule has 0 aliphatic heterocycles. The summed E-state index contributed by atoms with van der Waals surface area (Å²) < 4.78 is 22.9. The maximum Gasteiger partial charge on any atom is 0.361 e. The molecule has 0 saturated heterocycles. The highest BCUT2D eigenvalue weighted by Crippen LogP contribution is 2.16. The summed E-state index contributed by atoms with van der Waals surface area (Å²) in [5, 5.41) is 9.70. The summed E-state index contributed by atoms with van der Waals surface area (Å²) in [6.07, 6.45) is 64.3. The number of hydrogen-bond acceptors (Lipinski definition) is 7. The van der Waals surface area contributed by atoms with Crippen molar-refractivity contribution in [2.75, 3.05) is 47.5 Å². The van der Waals surface area contributed by atoms with E-state index in [4.69, 9.17) is 18.9 Å². The topological polar surface area (TPSA) is 108 Å². The number of ether oxygens (including phenoxy) is 4. The molecule has 0 aliphatic carbocycles. The molecule has 0 aromatic heterocycles. The Hall–Kier alpha value is -3.01. The zero-order chi connectivity index (χ0) is 52.0. The molecule has 0 aromatic rings. The fraction of sp³-hybridized carbons (Fsp3) is 0.790. The van der Waals surface area contributed by atoms with E-state index in [1.807, 2.05) is 21.1 Å². The van der Waals surface area contributed by atoms with E-state index < -0.39 is 24.3 Å². The molecule has 2 atom stereocenters. The highest BCUT2D eigenvalue weighted by molar-refractivity contribution is 5.71. The number of hydrogen-bond donors (Lipinski definition) is 1. The van der Waals surface area contributed by atoms with Crippen LogP contribution in [0.5, 0.6) is 0 Å². The molecule has 0 saturated carbocycles. The van der Waals surface area contributed by atoms with E-state index in [9.17, 15) is 19.5 Å². The van der Waals surface area contributed by atoms with Crippen LogP contribution in [0.25, 0.3) is 0 Å². The van der Waals surface area contributed by atoms with Gasteiger partial charge < -0.3 is 28.5 Å². The highest BCUT2D eigenvalue weighted by Gasteiger charge is 2.25. The smallest absolute Gasteiger partial charge is 0.361 e. The third kappa shape index (κ3) is 54.6. The van der Waals surface area contributed by atoms with E-state index in [0.717, 1.165) is 57.8 Å². The number of carbonyl (C=O) groups is 3. The van der Waals surface area contributed by atoms with Crippen molar-refractivity contribution in [1.29, 1.82) is 0 Å². The summed E-state index contributed by atoms with van der Waals surface area (Å²) in [6.45, 7) is 4.86. The minimum absolute atomic E-state index is 0.184. The van der Waals surface area contributed by atoms with Crippen molar-refractivity contribution in [3.05, 3.63) is 60.8 Å². The maximum absolute atomic E-state index is 12.9. The molecule has 9 heteroatoms. The molecular weight excluding hydrogens is 887 g/mol. The van der Waals surface area contributed by atoms with E-state index in [2.05, 4.69) is 74.6 Å². The Balaban J connectivity index is 4.26. The standard InChI is InChI=1S/C62H111NO8/c1-6-8-10-12-14-16-18-20-22-24-26-28-29-30-31-33-35-37-39-41-43-45-47-49-51-53-60(65)71-58(57-70-62(61(66)67)68-55-54-63(3,4)5)56-69-59(64)52-50-48-46-44-42-40-38-36-34-32-27-25-23-21-19-17-15-13-11-9-7-2/h18-21,24-27,29-30,58,62H,6-17,22-23,28,31-57H2,1-5H3/p+1/b20-18-,21-19-,26-24-,27-25-,30-29-. The summed E-state index contributed by atoms with van der Waals surface area (Å²) in [5.41, 5.74) is 0. The molecule has 0 amide bonds. The summed E-state index contributed by atoms with van der Waals surface area (Å²) in [7, 11) is 5.97. The van der Waals surface area contributed by atoms with Crippen molar-refractivity contribution in [2.24, 2.45) is 0 Å². The molecule has 71 heavy (non-hydrogen) atoms. The Morgan fingerprint density at radius 3 is 1.13 bits per heavy atom. The van der Waals surface area contributed by atoms with Crippen LogP contribution >= 0.6 is 0 Å². The minimum Gasteiger partial charge on any atom is -0.477 e. The van der Waals surface area contributed by atoms with Crippen molar-refractivity contribution in [3.8, 4) is 0 Å². The second-order valence-corrected chi connectivity index (χ2v) is 20.9. The van der Waals surface area contributed by atoms with Gasteiger partial charge in [0.05, 0.1) is 34.4 Å². The van der Waals surface area contributed by atoms with Crippen LogP contribution in [0.15, 0.2) is 60.8 Å². The Kier molecular flexibility index (Phi) is 51.0. The minimum atomic E-state index is -1.51. The van der Waals surface area contributed by atoms with Crippen LogP contribution in [0, 0.1) is 0 Å². The first-order valence-electron chi connectivity index (χ1n) is 29.5. The van der Waals surface area contributed by atoms with Crippen molar-refractivity contribution in [3.63, 3.8) is 0 Å². The van der Waals surface area contributed by atoms with Gasteiger partial charge in [0.2, 0.25) is 0 Å². The van der Waals surface area contributed by atoms with Gasteiger partial charge in [0.1, 0.15) is 13.2 Å². The predicted molar refractivity (Wildman–Crippen MR) is 300 cm³/mol. The lowest BCUT2D eigenvalue weighted by Crippen LogP contribution is -2.40. The predicted octanol–water partition coefficient (Wildman–Crippen LogP) is 17.2. The first-order chi connectivity index (χ1) is 34.6. The summed E-state index contributed by atoms with van der Waals surface area (Å²) in [5.74, 6) is -2.01. The van der Waals surface area contributed by atoms with Crippen molar-refractivity contribution < 1.29 is 42.9 Å². The number of carboxylic acids is 1. The van der Waals surface area contributed by atoms with Gasteiger partial charge in [-0.15, -0.1) is 0 Å². The number of nitrogens with zero attached hydrogens (tertiary/aromatic N) is 1. The molecule has 0 spiro atoms. The quantitative estimate of drug-likeness (QED) is 0.0211. The second kappa shape index (κ2) is 53.3. The molecule has 0 aliphatic rings. The van der Waals surface area contributed by atoms with Crippen molar-refractivity contribution in [1.82, 2.24) is 0 Å². The zero-order valence-electron chi connectivity index (χ0n) is 46.9. The molecular formula is C62H112NO8+. The maximum atomic E-state index is 12.9. The molecule has 0 heterocycles. The zero-order valence-corrected chi connectivity index (χ0v) is 46.9. The molecule has 2 unspecified atom stereocenters. The fourth-order valence-corrected chi connectivity index (χ4v) is 8.17. The molecule has 0 rings (SSSR count). The van der Waals surface area contributed by atoms with Crippen LogP contribution in [-0.4, -0.2) is 87.4 Å². The molecule has 1 N–H and O–H groups in total. The van der Waals surface area contributed by atoms with Gasteiger partial charge in [-0.1, -0.05) is 222 Å². The second-order valence-electron chi connectivity index (χ2n) is 20.9. The van der Waals surface area contributed by atoms with Crippen molar-refractivity contribution >= 4 is 17.9 Å². The number of aliphatic carboxylic acids is 1. The van der Waals surface area contributed by atoms with Gasteiger partial charge in [0.15, 0.2) is 6.10 Å². The summed E-state index contributed by atoms with van der Waals surface area (Å²) in [4.78, 5) is 37.4. The number of allylic oxidation sites excluding steroid dienone is 10. The normalized spacial score (nSPS) is 13.2. The van der Waals surface area contributed by atoms with Gasteiger partial charge in [-0.3, -0.25) is 9.59 Å². The monoisotopic (exact) mass is 999 g/mol. The Morgan fingerprint density at radius 2 is 0.761 bits per heavy atom. The van der Waals surface area contributed by atoms with Gasteiger partial charge in [-0.05, 0) is 83.5 Å². The van der Waals surface area contributed by atoms with Gasteiger partial charge in [-0.25, -0.2) is 4.79 Å². The van der Waals surface area contributed by atoms with E-state index >= 15 is 0 Å². The van der Waals surface area contributed by atoms with Crippen LogP contribution in [0.3, 0.4) is 0 Å². The van der Waals surface area contributed by atoms with Crippen LogP contribution < -0.4 is 0 Å². The van der Waals surface area contributed by atoms with Crippen LogP contribution in [-0.2, 0) is 33.3 Å². The molecule has 9 nitrogen and oxygen atoms in total.